The summed E-state index contributed by atoms with van der Waals surface area (Å²) in [6, 6.07) is -0.0582. The first-order chi connectivity index (χ1) is 7.18. The van der Waals surface area contributed by atoms with Gasteiger partial charge in [0.2, 0.25) is 5.91 Å². The molecule has 2 rings (SSSR count). The van der Waals surface area contributed by atoms with Gasteiger partial charge in [0.05, 0.1) is 24.7 Å². The van der Waals surface area contributed by atoms with Crippen molar-refractivity contribution in [3.05, 3.63) is 0 Å². The van der Waals surface area contributed by atoms with Gasteiger partial charge in [-0.3, -0.25) is 4.79 Å². The van der Waals surface area contributed by atoms with Gasteiger partial charge in [-0.15, -0.1) is 0 Å². The van der Waals surface area contributed by atoms with Crippen molar-refractivity contribution in [1.29, 1.82) is 0 Å². The lowest BCUT2D eigenvalue weighted by atomic mass is 10.0. The van der Waals surface area contributed by atoms with E-state index in [1.165, 1.54) is 0 Å². The van der Waals surface area contributed by atoms with E-state index in [1.54, 1.807) is 4.90 Å². The molecule has 15 heavy (non-hydrogen) atoms. The van der Waals surface area contributed by atoms with E-state index in [0.717, 1.165) is 32.1 Å². The summed E-state index contributed by atoms with van der Waals surface area (Å²) in [5.74, 6) is -0.00606. The van der Waals surface area contributed by atoms with Crippen molar-refractivity contribution in [2.24, 2.45) is 0 Å². The molecule has 86 valence electrons. The van der Waals surface area contributed by atoms with Crippen molar-refractivity contribution in [2.75, 3.05) is 6.54 Å². The van der Waals surface area contributed by atoms with Crippen molar-refractivity contribution in [3.8, 4) is 0 Å². The molecule has 0 radical (unpaired) electrons. The molecule has 3 unspecified atom stereocenters. The maximum atomic E-state index is 11.6. The van der Waals surface area contributed by atoms with Crippen molar-refractivity contribution in [3.63, 3.8) is 0 Å². The number of nitrogens with zero attached hydrogens (tertiary/aromatic N) is 1. The summed E-state index contributed by atoms with van der Waals surface area (Å²) in [6.07, 6.45) is 4.20. The summed E-state index contributed by atoms with van der Waals surface area (Å²) in [5, 5.41) is 19.4. The molecule has 2 N–H and O–H groups in total. The zero-order valence-corrected chi connectivity index (χ0v) is 8.93. The number of hydrogen-bond acceptors (Lipinski definition) is 3. The Balaban J connectivity index is 2.04. The number of β-amino-alcohol motifs (C(OH)–C–C–N with tert-alkyl or cyclic N) is 1. The zero-order valence-electron chi connectivity index (χ0n) is 8.93. The summed E-state index contributed by atoms with van der Waals surface area (Å²) in [5.41, 5.74) is 0. The number of aliphatic hydroxyl groups excluding tert-OH is 2. The quantitative estimate of drug-likeness (QED) is 0.615. The summed E-state index contributed by atoms with van der Waals surface area (Å²) in [7, 11) is 0. The van der Waals surface area contributed by atoms with Crippen LogP contribution in [0.25, 0.3) is 0 Å². The third-order valence-corrected chi connectivity index (χ3v) is 3.48. The summed E-state index contributed by atoms with van der Waals surface area (Å²) in [4.78, 5) is 13.3. The van der Waals surface area contributed by atoms with E-state index in [9.17, 15) is 15.0 Å². The fourth-order valence-corrected chi connectivity index (χ4v) is 2.66. The highest BCUT2D eigenvalue weighted by atomic mass is 16.3. The third-order valence-electron chi connectivity index (χ3n) is 3.48. The second kappa shape index (κ2) is 4.49. The topological polar surface area (TPSA) is 60.8 Å². The highest BCUT2D eigenvalue weighted by Crippen LogP contribution is 2.26. The molecular weight excluding hydrogens is 194 g/mol. The Morgan fingerprint density at radius 2 is 1.87 bits per heavy atom. The van der Waals surface area contributed by atoms with E-state index in [4.69, 9.17) is 0 Å². The number of aliphatic hydroxyl groups is 2. The van der Waals surface area contributed by atoms with Crippen LogP contribution in [0.2, 0.25) is 0 Å². The fourth-order valence-electron chi connectivity index (χ4n) is 2.66. The molecular formula is C11H19NO3. The van der Waals surface area contributed by atoms with Crippen LogP contribution in [0.5, 0.6) is 0 Å². The summed E-state index contributed by atoms with van der Waals surface area (Å²) in [6.45, 7) is 0.403. The monoisotopic (exact) mass is 213 g/mol. The molecule has 0 bridgehead atoms. The second-order valence-electron chi connectivity index (χ2n) is 4.68. The normalized spacial score (nSPS) is 38.1. The number of likely N-dealkylation sites (tertiary alicyclic amines) is 1. The lowest BCUT2D eigenvalue weighted by Gasteiger charge is -2.30. The Bertz CT molecular complexity index is 244. The van der Waals surface area contributed by atoms with Gasteiger partial charge in [0, 0.05) is 6.54 Å². The first kappa shape index (κ1) is 10.9. The molecule has 1 amide bonds. The standard InChI is InChI=1S/C11H19NO3/c13-8-6-11(15)12(7-8)9-4-2-1-3-5-10(9)14/h8-10,13-14H,1-7H2. The first-order valence-electron chi connectivity index (χ1n) is 5.84. The maximum absolute atomic E-state index is 11.6. The predicted molar refractivity (Wildman–Crippen MR) is 55.2 cm³/mol. The average molecular weight is 213 g/mol. The van der Waals surface area contributed by atoms with Crippen LogP contribution >= 0.6 is 0 Å². The van der Waals surface area contributed by atoms with Crippen molar-refractivity contribution < 1.29 is 15.0 Å². The van der Waals surface area contributed by atoms with E-state index >= 15 is 0 Å². The fraction of sp³-hybridized carbons (Fsp3) is 0.909. The minimum Gasteiger partial charge on any atom is -0.391 e. The van der Waals surface area contributed by atoms with Gasteiger partial charge < -0.3 is 15.1 Å². The SMILES string of the molecule is O=C1CC(O)CN1C1CCCCCC1O. The van der Waals surface area contributed by atoms with Crippen molar-refractivity contribution in [1.82, 2.24) is 4.90 Å². The second-order valence-corrected chi connectivity index (χ2v) is 4.68. The van der Waals surface area contributed by atoms with Crippen LogP contribution in [0, 0.1) is 0 Å². The number of amides is 1. The summed E-state index contributed by atoms with van der Waals surface area (Å²) < 4.78 is 0. The molecule has 4 nitrogen and oxygen atoms in total. The molecule has 1 saturated carbocycles. The molecule has 3 atom stereocenters. The molecule has 1 aliphatic carbocycles. The lowest BCUT2D eigenvalue weighted by Crippen LogP contribution is -2.44. The van der Waals surface area contributed by atoms with E-state index in [1.807, 2.05) is 0 Å². The van der Waals surface area contributed by atoms with Gasteiger partial charge >= 0.3 is 0 Å². The van der Waals surface area contributed by atoms with Crippen LogP contribution in [0.15, 0.2) is 0 Å². The Kier molecular flexibility index (Phi) is 3.26. The van der Waals surface area contributed by atoms with E-state index in [0.29, 0.717) is 6.54 Å². The molecule has 4 heteroatoms. The number of carbonyl (C=O) groups excluding carboxylic acids is 1. The highest BCUT2D eigenvalue weighted by molar-refractivity contribution is 5.79. The number of rotatable bonds is 1. The minimum atomic E-state index is -0.534. The first-order valence-corrected chi connectivity index (χ1v) is 5.84. The zero-order chi connectivity index (χ0) is 10.8. The Hall–Kier alpha value is -0.610. The largest absolute Gasteiger partial charge is 0.391 e. The molecule has 2 fully saturated rings. The number of hydrogen-bond donors (Lipinski definition) is 2. The maximum Gasteiger partial charge on any atom is 0.225 e. The van der Waals surface area contributed by atoms with Crippen LogP contribution in [0.1, 0.15) is 38.5 Å². The average Bonchev–Trinajstić information content (AvgIpc) is 2.39. The van der Waals surface area contributed by atoms with Gasteiger partial charge in [0.25, 0.3) is 0 Å². The Labute approximate surface area is 89.9 Å². The van der Waals surface area contributed by atoms with E-state index < -0.39 is 12.2 Å². The molecule has 0 aromatic carbocycles. The van der Waals surface area contributed by atoms with Gasteiger partial charge in [-0.25, -0.2) is 0 Å². The van der Waals surface area contributed by atoms with Gasteiger partial charge in [0.1, 0.15) is 0 Å². The van der Waals surface area contributed by atoms with Crippen molar-refractivity contribution in [2.45, 2.75) is 56.8 Å². The summed E-state index contributed by atoms with van der Waals surface area (Å²) >= 11 is 0. The molecule has 1 heterocycles. The predicted octanol–water partition coefficient (Wildman–Crippen LogP) is 0.273. The minimum absolute atomic E-state index is 0.00606. The van der Waals surface area contributed by atoms with Crippen LogP contribution in [0.4, 0.5) is 0 Å². The Morgan fingerprint density at radius 1 is 1.13 bits per heavy atom. The van der Waals surface area contributed by atoms with Crippen LogP contribution in [0.3, 0.4) is 0 Å². The molecule has 0 aromatic heterocycles. The van der Waals surface area contributed by atoms with Crippen molar-refractivity contribution >= 4 is 5.91 Å². The van der Waals surface area contributed by atoms with Crippen LogP contribution in [-0.4, -0.2) is 45.8 Å². The van der Waals surface area contributed by atoms with Gasteiger partial charge in [0.15, 0.2) is 0 Å². The smallest absolute Gasteiger partial charge is 0.225 e. The van der Waals surface area contributed by atoms with Crippen LogP contribution < -0.4 is 0 Å². The lowest BCUT2D eigenvalue weighted by molar-refractivity contribution is -0.132. The highest BCUT2D eigenvalue weighted by Gasteiger charge is 2.36. The molecule has 0 aromatic rings. The Morgan fingerprint density at radius 3 is 2.53 bits per heavy atom. The van der Waals surface area contributed by atoms with Crippen LogP contribution in [-0.2, 0) is 4.79 Å². The van der Waals surface area contributed by atoms with E-state index in [2.05, 4.69) is 0 Å². The van der Waals surface area contributed by atoms with Gasteiger partial charge in [-0.05, 0) is 12.8 Å². The molecule has 1 saturated heterocycles. The molecule has 1 aliphatic heterocycles. The molecule has 0 spiro atoms. The van der Waals surface area contributed by atoms with Gasteiger partial charge in [-0.1, -0.05) is 19.3 Å². The number of carbonyl (C=O) groups is 1. The third kappa shape index (κ3) is 2.32. The molecule has 2 aliphatic rings. The van der Waals surface area contributed by atoms with Gasteiger partial charge in [-0.2, -0.15) is 0 Å². The van der Waals surface area contributed by atoms with E-state index in [-0.39, 0.29) is 18.4 Å².